The molecule has 2 aliphatic rings. The molecular formula is C19H34O2. The van der Waals surface area contributed by atoms with Crippen molar-refractivity contribution in [2.75, 3.05) is 6.61 Å². The first-order chi connectivity index (χ1) is 9.61. The number of rotatable bonds is 5. The average molecular weight is 294 g/mol. The fourth-order valence-electron chi connectivity index (χ4n) is 4.48. The first-order valence-corrected chi connectivity index (χ1v) is 8.77. The quantitative estimate of drug-likeness (QED) is 0.662. The van der Waals surface area contributed by atoms with Gasteiger partial charge in [0, 0.05) is 0 Å². The van der Waals surface area contributed by atoms with Gasteiger partial charge in [-0.15, -0.1) is 0 Å². The van der Waals surface area contributed by atoms with Crippen LogP contribution in [0.2, 0.25) is 0 Å². The Morgan fingerprint density at radius 3 is 2.62 bits per heavy atom. The van der Waals surface area contributed by atoms with E-state index in [-0.39, 0.29) is 11.9 Å². The summed E-state index contributed by atoms with van der Waals surface area (Å²) < 4.78 is 5.60. The molecule has 0 aromatic rings. The second-order valence-electron chi connectivity index (χ2n) is 9.40. The normalized spacial score (nSPS) is 36.8. The Balaban J connectivity index is 1.70. The van der Waals surface area contributed by atoms with Crippen molar-refractivity contribution in [3.05, 3.63) is 0 Å². The highest BCUT2D eigenvalue weighted by Crippen LogP contribution is 2.63. The maximum atomic E-state index is 12.3. The number of carbonyl (C=O) groups excluding carboxylic acids is 1. The van der Waals surface area contributed by atoms with Gasteiger partial charge < -0.3 is 4.74 Å². The minimum Gasteiger partial charge on any atom is -0.465 e. The molecule has 0 amide bonds. The van der Waals surface area contributed by atoms with Crippen LogP contribution in [0.5, 0.6) is 0 Å². The Kier molecular flexibility index (Phi) is 4.75. The lowest BCUT2D eigenvalue weighted by molar-refractivity contribution is -0.152. The lowest BCUT2D eigenvalue weighted by Gasteiger charge is -2.30. The van der Waals surface area contributed by atoms with E-state index in [0.29, 0.717) is 29.3 Å². The number of esters is 1. The van der Waals surface area contributed by atoms with E-state index in [4.69, 9.17) is 4.74 Å². The molecule has 5 unspecified atom stereocenters. The van der Waals surface area contributed by atoms with Gasteiger partial charge in [-0.05, 0) is 60.7 Å². The summed E-state index contributed by atoms with van der Waals surface area (Å²) in [6, 6.07) is 0. The number of ether oxygens (including phenoxy) is 1. The third-order valence-corrected chi connectivity index (χ3v) is 5.67. The van der Waals surface area contributed by atoms with Crippen molar-refractivity contribution >= 4 is 5.97 Å². The van der Waals surface area contributed by atoms with Crippen molar-refractivity contribution in [1.29, 1.82) is 0 Å². The highest BCUT2D eigenvalue weighted by Gasteiger charge is 2.56. The predicted molar refractivity (Wildman–Crippen MR) is 86.9 cm³/mol. The van der Waals surface area contributed by atoms with E-state index in [1.165, 1.54) is 19.3 Å². The van der Waals surface area contributed by atoms with Crippen LogP contribution in [0.15, 0.2) is 0 Å². The highest BCUT2D eigenvalue weighted by molar-refractivity contribution is 5.73. The van der Waals surface area contributed by atoms with Gasteiger partial charge in [0.05, 0.1) is 12.5 Å². The molecule has 2 heteroatoms. The van der Waals surface area contributed by atoms with Crippen LogP contribution in [0.25, 0.3) is 0 Å². The maximum absolute atomic E-state index is 12.3. The maximum Gasteiger partial charge on any atom is 0.309 e. The van der Waals surface area contributed by atoms with Crippen LogP contribution in [0.4, 0.5) is 0 Å². The van der Waals surface area contributed by atoms with E-state index in [0.717, 1.165) is 18.8 Å². The van der Waals surface area contributed by atoms with Crippen LogP contribution in [0.1, 0.15) is 73.6 Å². The fourth-order valence-corrected chi connectivity index (χ4v) is 4.48. The van der Waals surface area contributed by atoms with Crippen molar-refractivity contribution in [2.45, 2.75) is 73.6 Å². The molecule has 0 aliphatic heterocycles. The Bertz CT molecular complexity index is 382. The fraction of sp³-hybridized carbons (Fsp3) is 0.947. The van der Waals surface area contributed by atoms with Gasteiger partial charge in [-0.3, -0.25) is 4.79 Å². The third kappa shape index (κ3) is 4.47. The molecule has 0 N–H and O–H groups in total. The zero-order valence-electron chi connectivity index (χ0n) is 14.9. The summed E-state index contributed by atoms with van der Waals surface area (Å²) in [7, 11) is 0. The molecule has 2 saturated carbocycles. The minimum absolute atomic E-state index is 0.0689. The lowest BCUT2D eigenvalue weighted by atomic mass is 9.75. The standard InChI is InChI=1S/C19H34O2/c1-13(10-18(3,4)5)7-8-21-17(20)16-9-15-12-19(15,6)11-14(16)2/h13-16H,7-12H2,1-6H3. The molecule has 2 aliphatic carbocycles. The van der Waals surface area contributed by atoms with Crippen molar-refractivity contribution in [1.82, 2.24) is 0 Å². The van der Waals surface area contributed by atoms with Crippen LogP contribution in [-0.4, -0.2) is 12.6 Å². The molecule has 0 bridgehead atoms. The molecule has 0 spiro atoms. The summed E-state index contributed by atoms with van der Waals surface area (Å²) in [5, 5.41) is 0. The van der Waals surface area contributed by atoms with Gasteiger partial charge in [0.2, 0.25) is 0 Å². The number of hydrogen-bond acceptors (Lipinski definition) is 2. The van der Waals surface area contributed by atoms with Crippen molar-refractivity contribution in [3.8, 4) is 0 Å². The van der Waals surface area contributed by atoms with E-state index < -0.39 is 0 Å². The van der Waals surface area contributed by atoms with E-state index >= 15 is 0 Å². The van der Waals surface area contributed by atoms with Gasteiger partial charge in [-0.25, -0.2) is 0 Å². The first kappa shape index (κ1) is 16.8. The van der Waals surface area contributed by atoms with Crippen LogP contribution in [-0.2, 0) is 9.53 Å². The SMILES string of the molecule is CC(CCOC(=O)C1CC2CC2(C)CC1C)CC(C)(C)C. The van der Waals surface area contributed by atoms with Crippen LogP contribution < -0.4 is 0 Å². The molecule has 2 rings (SSSR count). The molecule has 122 valence electrons. The molecule has 0 aromatic carbocycles. The molecule has 2 fully saturated rings. The lowest BCUT2D eigenvalue weighted by Crippen LogP contribution is -2.31. The topological polar surface area (TPSA) is 26.3 Å². The Hall–Kier alpha value is -0.530. The van der Waals surface area contributed by atoms with E-state index in [1.54, 1.807) is 0 Å². The molecule has 0 saturated heterocycles. The molecule has 0 radical (unpaired) electrons. The summed E-state index contributed by atoms with van der Waals surface area (Å²) in [5.74, 6) is 2.12. The second-order valence-corrected chi connectivity index (χ2v) is 9.40. The van der Waals surface area contributed by atoms with E-state index in [9.17, 15) is 4.79 Å². The Morgan fingerprint density at radius 1 is 1.33 bits per heavy atom. The van der Waals surface area contributed by atoms with Gasteiger partial charge in [-0.2, -0.15) is 0 Å². The molecule has 0 heterocycles. The molecule has 5 atom stereocenters. The molecule has 2 nitrogen and oxygen atoms in total. The summed E-state index contributed by atoms with van der Waals surface area (Å²) >= 11 is 0. The largest absolute Gasteiger partial charge is 0.465 e. The molecule has 21 heavy (non-hydrogen) atoms. The summed E-state index contributed by atoms with van der Waals surface area (Å²) in [6.07, 6.45) is 5.77. The average Bonchev–Trinajstić information content (AvgIpc) is 2.95. The van der Waals surface area contributed by atoms with Crippen molar-refractivity contribution in [2.24, 2.45) is 34.5 Å². The number of hydrogen-bond donors (Lipinski definition) is 0. The highest BCUT2D eigenvalue weighted by atomic mass is 16.5. The van der Waals surface area contributed by atoms with Gasteiger partial charge >= 0.3 is 5.97 Å². The van der Waals surface area contributed by atoms with Gasteiger partial charge in [-0.1, -0.05) is 41.5 Å². The zero-order valence-corrected chi connectivity index (χ0v) is 14.9. The monoisotopic (exact) mass is 294 g/mol. The van der Waals surface area contributed by atoms with Crippen LogP contribution >= 0.6 is 0 Å². The molecular weight excluding hydrogens is 260 g/mol. The van der Waals surface area contributed by atoms with Gasteiger partial charge in [0.15, 0.2) is 0 Å². The smallest absolute Gasteiger partial charge is 0.309 e. The zero-order chi connectivity index (χ0) is 15.8. The van der Waals surface area contributed by atoms with Gasteiger partial charge in [0.1, 0.15) is 0 Å². The summed E-state index contributed by atoms with van der Waals surface area (Å²) in [6.45, 7) is 14.3. The molecule has 0 aromatic heterocycles. The van der Waals surface area contributed by atoms with E-state index in [1.807, 2.05) is 0 Å². The van der Waals surface area contributed by atoms with Crippen molar-refractivity contribution in [3.63, 3.8) is 0 Å². The van der Waals surface area contributed by atoms with Crippen LogP contribution in [0.3, 0.4) is 0 Å². The third-order valence-electron chi connectivity index (χ3n) is 5.67. The summed E-state index contributed by atoms with van der Waals surface area (Å²) in [4.78, 5) is 12.3. The number of carbonyl (C=O) groups is 1. The second kappa shape index (κ2) is 5.93. The van der Waals surface area contributed by atoms with Gasteiger partial charge in [0.25, 0.3) is 0 Å². The number of fused-ring (bicyclic) bond motifs is 1. The Labute approximate surface area is 131 Å². The minimum atomic E-state index is 0.0689. The first-order valence-electron chi connectivity index (χ1n) is 8.77. The van der Waals surface area contributed by atoms with Crippen LogP contribution in [0, 0.1) is 34.5 Å². The Morgan fingerprint density at radius 2 is 2.00 bits per heavy atom. The van der Waals surface area contributed by atoms with Crippen molar-refractivity contribution < 1.29 is 9.53 Å². The summed E-state index contributed by atoms with van der Waals surface area (Å²) in [5.41, 5.74) is 0.912. The van der Waals surface area contributed by atoms with E-state index in [2.05, 4.69) is 41.5 Å². The predicted octanol–water partition coefficient (Wildman–Crippen LogP) is 5.06.